The minimum absolute atomic E-state index is 0.101. The second-order valence-corrected chi connectivity index (χ2v) is 4.18. The zero-order valence-corrected chi connectivity index (χ0v) is 9.69. The van der Waals surface area contributed by atoms with E-state index >= 15 is 0 Å². The average molecular weight is 223 g/mol. The van der Waals surface area contributed by atoms with Crippen molar-refractivity contribution in [2.24, 2.45) is 0 Å². The van der Waals surface area contributed by atoms with Gasteiger partial charge in [-0.3, -0.25) is 9.59 Å². The maximum absolute atomic E-state index is 11.8. The maximum Gasteiger partial charge on any atom is 0.312 e. The molecule has 2 unspecified atom stereocenters. The van der Waals surface area contributed by atoms with Crippen LogP contribution in [0.3, 0.4) is 0 Å². The van der Waals surface area contributed by atoms with Gasteiger partial charge in [0.05, 0.1) is 6.07 Å². The van der Waals surface area contributed by atoms with Gasteiger partial charge in [0.1, 0.15) is 6.54 Å². The van der Waals surface area contributed by atoms with Gasteiger partial charge in [-0.05, 0) is 33.1 Å². The molecule has 16 heavy (non-hydrogen) atoms. The zero-order valence-electron chi connectivity index (χ0n) is 9.69. The minimum atomic E-state index is -0.679. The fourth-order valence-corrected chi connectivity index (χ4v) is 2.13. The van der Waals surface area contributed by atoms with Crippen molar-refractivity contribution in [1.82, 2.24) is 10.2 Å². The van der Waals surface area contributed by atoms with Crippen molar-refractivity contribution in [3.63, 3.8) is 0 Å². The highest BCUT2D eigenvalue weighted by molar-refractivity contribution is 6.35. The molecule has 0 bridgehead atoms. The van der Waals surface area contributed by atoms with Crippen molar-refractivity contribution >= 4 is 11.8 Å². The first-order valence-corrected chi connectivity index (χ1v) is 5.55. The molecule has 0 saturated carbocycles. The number of rotatable bonds is 1. The highest BCUT2D eigenvalue weighted by Gasteiger charge is 2.32. The topological polar surface area (TPSA) is 73.2 Å². The minimum Gasteiger partial charge on any atom is -0.335 e. The molecule has 5 nitrogen and oxygen atoms in total. The number of amides is 2. The van der Waals surface area contributed by atoms with E-state index in [1.54, 1.807) is 11.0 Å². The first kappa shape index (κ1) is 12.5. The number of piperidine rings is 1. The van der Waals surface area contributed by atoms with Gasteiger partial charge in [-0.15, -0.1) is 0 Å². The van der Waals surface area contributed by atoms with Crippen LogP contribution in [0.4, 0.5) is 0 Å². The molecule has 0 aromatic rings. The van der Waals surface area contributed by atoms with Crippen molar-refractivity contribution in [2.45, 2.75) is 45.2 Å². The maximum atomic E-state index is 11.8. The Hall–Kier alpha value is -1.57. The molecule has 2 atom stereocenters. The lowest BCUT2D eigenvalue weighted by atomic mass is 9.97. The second-order valence-electron chi connectivity index (χ2n) is 4.18. The molecule has 0 aromatic carbocycles. The summed E-state index contributed by atoms with van der Waals surface area (Å²) in [7, 11) is 0. The van der Waals surface area contributed by atoms with E-state index in [4.69, 9.17) is 5.26 Å². The summed E-state index contributed by atoms with van der Waals surface area (Å²) >= 11 is 0. The summed E-state index contributed by atoms with van der Waals surface area (Å²) in [5, 5.41) is 10.6. The molecule has 1 saturated heterocycles. The fraction of sp³-hybridized carbons (Fsp3) is 0.727. The van der Waals surface area contributed by atoms with Gasteiger partial charge in [0.2, 0.25) is 0 Å². The molecule has 1 aliphatic rings. The molecule has 88 valence electrons. The normalized spacial score (nSPS) is 24.7. The number of likely N-dealkylation sites (tertiary alicyclic amines) is 1. The summed E-state index contributed by atoms with van der Waals surface area (Å²) < 4.78 is 0. The van der Waals surface area contributed by atoms with Crippen LogP contribution in [-0.4, -0.2) is 35.3 Å². The predicted octanol–water partition coefficient (Wildman–Crippen LogP) is 0.416. The lowest BCUT2D eigenvalue weighted by Crippen LogP contribution is -2.52. The lowest BCUT2D eigenvalue weighted by Gasteiger charge is -2.38. The van der Waals surface area contributed by atoms with E-state index < -0.39 is 11.8 Å². The first-order chi connectivity index (χ1) is 7.57. The standard InChI is InChI=1S/C11H17N3O2/c1-8-4-3-5-9(2)14(8)11(16)10(15)13-7-6-12/h8-9H,3-5,7H2,1-2H3,(H,13,15). The number of carbonyl (C=O) groups is 2. The van der Waals surface area contributed by atoms with Gasteiger partial charge in [-0.1, -0.05) is 0 Å². The van der Waals surface area contributed by atoms with Gasteiger partial charge in [0.15, 0.2) is 0 Å². The number of nitriles is 1. The van der Waals surface area contributed by atoms with Crippen LogP contribution in [0.5, 0.6) is 0 Å². The smallest absolute Gasteiger partial charge is 0.312 e. The molecule has 1 N–H and O–H groups in total. The molecule has 2 amide bonds. The summed E-state index contributed by atoms with van der Waals surface area (Å²) in [5.41, 5.74) is 0. The van der Waals surface area contributed by atoms with E-state index in [-0.39, 0.29) is 18.6 Å². The number of hydrogen-bond acceptors (Lipinski definition) is 3. The number of nitrogens with zero attached hydrogens (tertiary/aromatic N) is 2. The van der Waals surface area contributed by atoms with Crippen molar-refractivity contribution in [2.75, 3.05) is 6.54 Å². The highest BCUT2D eigenvalue weighted by Crippen LogP contribution is 2.22. The van der Waals surface area contributed by atoms with Gasteiger partial charge in [-0.2, -0.15) is 5.26 Å². The molecular formula is C11H17N3O2. The zero-order chi connectivity index (χ0) is 12.1. The summed E-state index contributed by atoms with van der Waals surface area (Å²) in [4.78, 5) is 24.9. The molecule has 1 rings (SSSR count). The predicted molar refractivity (Wildman–Crippen MR) is 58.2 cm³/mol. The summed E-state index contributed by atoms with van der Waals surface area (Å²) in [6.07, 6.45) is 2.95. The largest absolute Gasteiger partial charge is 0.335 e. The Morgan fingerprint density at radius 1 is 1.38 bits per heavy atom. The molecule has 1 aliphatic heterocycles. The fourth-order valence-electron chi connectivity index (χ4n) is 2.13. The summed E-state index contributed by atoms with van der Waals surface area (Å²) in [6.45, 7) is 3.78. The van der Waals surface area contributed by atoms with Gasteiger partial charge >= 0.3 is 11.8 Å². The van der Waals surface area contributed by atoms with E-state index in [1.807, 2.05) is 13.8 Å². The van der Waals surface area contributed by atoms with Crippen molar-refractivity contribution < 1.29 is 9.59 Å². The Balaban J connectivity index is 2.64. The van der Waals surface area contributed by atoms with Crippen molar-refractivity contribution in [1.29, 1.82) is 5.26 Å². The Morgan fingerprint density at radius 3 is 2.44 bits per heavy atom. The van der Waals surface area contributed by atoms with Gasteiger partial charge < -0.3 is 10.2 Å². The third kappa shape index (κ3) is 2.72. The van der Waals surface area contributed by atoms with Crippen LogP contribution >= 0.6 is 0 Å². The molecular weight excluding hydrogens is 206 g/mol. The van der Waals surface area contributed by atoms with Crippen LogP contribution in [0.15, 0.2) is 0 Å². The van der Waals surface area contributed by atoms with Crippen LogP contribution in [0.25, 0.3) is 0 Å². The Kier molecular flexibility index (Phi) is 4.29. The van der Waals surface area contributed by atoms with Crippen LogP contribution in [-0.2, 0) is 9.59 Å². The Labute approximate surface area is 95.4 Å². The first-order valence-electron chi connectivity index (χ1n) is 5.55. The van der Waals surface area contributed by atoms with E-state index in [0.29, 0.717) is 0 Å². The monoisotopic (exact) mass is 223 g/mol. The molecule has 0 aromatic heterocycles. The Bertz CT molecular complexity index is 312. The molecule has 1 heterocycles. The van der Waals surface area contributed by atoms with E-state index in [2.05, 4.69) is 5.32 Å². The molecule has 0 aliphatic carbocycles. The third-order valence-electron chi connectivity index (χ3n) is 2.95. The number of carbonyl (C=O) groups excluding carboxylic acids is 2. The van der Waals surface area contributed by atoms with Gasteiger partial charge in [0, 0.05) is 12.1 Å². The molecule has 0 spiro atoms. The van der Waals surface area contributed by atoms with Crippen LogP contribution < -0.4 is 5.32 Å². The van der Waals surface area contributed by atoms with Crippen LogP contribution in [0.2, 0.25) is 0 Å². The van der Waals surface area contributed by atoms with E-state index in [1.165, 1.54) is 0 Å². The molecule has 0 radical (unpaired) electrons. The Morgan fingerprint density at radius 2 is 1.94 bits per heavy atom. The van der Waals surface area contributed by atoms with Gasteiger partial charge in [0.25, 0.3) is 0 Å². The molecule has 1 fully saturated rings. The van der Waals surface area contributed by atoms with Crippen molar-refractivity contribution in [3.05, 3.63) is 0 Å². The number of nitrogens with one attached hydrogen (secondary N) is 1. The lowest BCUT2D eigenvalue weighted by molar-refractivity contribution is -0.149. The average Bonchev–Trinajstić information content (AvgIpc) is 2.25. The van der Waals surface area contributed by atoms with Crippen LogP contribution in [0, 0.1) is 11.3 Å². The van der Waals surface area contributed by atoms with Gasteiger partial charge in [-0.25, -0.2) is 0 Å². The van der Waals surface area contributed by atoms with E-state index in [9.17, 15) is 9.59 Å². The second kappa shape index (κ2) is 5.50. The van der Waals surface area contributed by atoms with Crippen molar-refractivity contribution in [3.8, 4) is 6.07 Å². The summed E-state index contributed by atoms with van der Waals surface area (Å²) in [6, 6.07) is 1.98. The third-order valence-corrected chi connectivity index (χ3v) is 2.95. The molecule has 5 heteroatoms. The highest BCUT2D eigenvalue weighted by atomic mass is 16.2. The SMILES string of the molecule is CC1CCCC(C)N1C(=O)C(=O)NCC#N. The quantitative estimate of drug-likeness (QED) is 0.517. The van der Waals surface area contributed by atoms with E-state index in [0.717, 1.165) is 19.3 Å². The summed E-state index contributed by atoms with van der Waals surface area (Å²) in [5.74, 6) is -1.20. The number of hydrogen-bond donors (Lipinski definition) is 1. The van der Waals surface area contributed by atoms with Crippen LogP contribution in [0.1, 0.15) is 33.1 Å².